The molecule has 0 radical (unpaired) electrons. The first kappa shape index (κ1) is 15.6. The number of halogens is 2. The molecule has 0 saturated carbocycles. The Labute approximate surface area is 125 Å². The van der Waals surface area contributed by atoms with Crippen molar-refractivity contribution in [1.29, 1.82) is 0 Å². The molecule has 0 heterocycles. The van der Waals surface area contributed by atoms with Gasteiger partial charge in [-0.3, -0.25) is 4.79 Å². The van der Waals surface area contributed by atoms with Gasteiger partial charge in [0.15, 0.2) is 11.5 Å². The van der Waals surface area contributed by atoms with Crippen molar-refractivity contribution in [1.82, 2.24) is 0 Å². The lowest BCUT2D eigenvalue weighted by atomic mass is 10.2. The second-order valence-electron chi connectivity index (χ2n) is 4.25. The lowest BCUT2D eigenvalue weighted by Crippen LogP contribution is -2.12. The van der Waals surface area contributed by atoms with Crippen LogP contribution in [0.25, 0.3) is 0 Å². The lowest BCUT2D eigenvalue weighted by molar-refractivity contribution is -0.0512. The van der Waals surface area contributed by atoms with Crippen molar-refractivity contribution in [2.75, 3.05) is 12.4 Å². The third kappa shape index (κ3) is 3.85. The van der Waals surface area contributed by atoms with E-state index in [-0.39, 0.29) is 22.8 Å². The highest BCUT2D eigenvalue weighted by atomic mass is 19.3. The number of benzene rings is 2. The van der Waals surface area contributed by atoms with Crippen molar-refractivity contribution in [3.05, 3.63) is 48.0 Å². The predicted molar refractivity (Wildman–Crippen MR) is 75.7 cm³/mol. The maximum absolute atomic E-state index is 12.2. The van der Waals surface area contributed by atoms with E-state index in [1.54, 1.807) is 12.1 Å². The van der Waals surface area contributed by atoms with E-state index < -0.39 is 12.5 Å². The molecule has 116 valence electrons. The van der Waals surface area contributed by atoms with Gasteiger partial charge < -0.3 is 19.9 Å². The smallest absolute Gasteiger partial charge is 0.387 e. The summed E-state index contributed by atoms with van der Waals surface area (Å²) < 4.78 is 33.7. The van der Waals surface area contributed by atoms with Crippen LogP contribution in [0.15, 0.2) is 42.5 Å². The molecule has 2 aromatic carbocycles. The number of hydrogen-bond acceptors (Lipinski definition) is 4. The molecule has 0 aliphatic heterocycles. The zero-order valence-electron chi connectivity index (χ0n) is 11.5. The van der Waals surface area contributed by atoms with Crippen molar-refractivity contribution in [3.8, 4) is 17.2 Å². The van der Waals surface area contributed by atoms with Gasteiger partial charge in [0.25, 0.3) is 5.91 Å². The normalized spacial score (nSPS) is 10.4. The summed E-state index contributed by atoms with van der Waals surface area (Å²) in [5.74, 6) is -0.612. The van der Waals surface area contributed by atoms with Crippen LogP contribution in [0, 0.1) is 0 Å². The molecular formula is C15H13F2NO4. The summed E-state index contributed by atoms with van der Waals surface area (Å²) in [4.78, 5) is 12.1. The molecular weight excluding hydrogens is 296 g/mol. The number of nitrogens with one attached hydrogen (secondary N) is 1. The van der Waals surface area contributed by atoms with E-state index in [1.807, 2.05) is 0 Å². The summed E-state index contributed by atoms with van der Waals surface area (Å²) in [5, 5.41) is 11.9. The van der Waals surface area contributed by atoms with Crippen LogP contribution >= 0.6 is 0 Å². The van der Waals surface area contributed by atoms with Gasteiger partial charge in [-0.2, -0.15) is 8.78 Å². The van der Waals surface area contributed by atoms with E-state index in [4.69, 9.17) is 4.74 Å². The minimum absolute atomic E-state index is 0.0102. The molecule has 0 saturated heterocycles. The number of phenols is 1. The van der Waals surface area contributed by atoms with Crippen molar-refractivity contribution in [2.24, 2.45) is 0 Å². The average molecular weight is 309 g/mol. The molecule has 2 aromatic rings. The zero-order chi connectivity index (χ0) is 16.1. The number of amides is 1. The van der Waals surface area contributed by atoms with E-state index in [2.05, 4.69) is 10.1 Å². The Morgan fingerprint density at radius 2 is 1.95 bits per heavy atom. The maximum atomic E-state index is 12.2. The number of aromatic hydroxyl groups is 1. The number of rotatable bonds is 5. The van der Waals surface area contributed by atoms with Crippen molar-refractivity contribution < 1.29 is 28.2 Å². The van der Waals surface area contributed by atoms with Crippen molar-refractivity contribution in [2.45, 2.75) is 6.61 Å². The summed E-state index contributed by atoms with van der Waals surface area (Å²) in [7, 11) is 1.28. The van der Waals surface area contributed by atoms with Crippen LogP contribution in [0.5, 0.6) is 17.2 Å². The second-order valence-corrected chi connectivity index (χ2v) is 4.25. The highest BCUT2D eigenvalue weighted by molar-refractivity contribution is 6.04. The van der Waals surface area contributed by atoms with Crippen LogP contribution in [-0.2, 0) is 0 Å². The zero-order valence-corrected chi connectivity index (χ0v) is 11.5. The van der Waals surface area contributed by atoms with Gasteiger partial charge in [-0.15, -0.1) is 0 Å². The number of carbonyl (C=O) groups is 1. The third-order valence-electron chi connectivity index (χ3n) is 2.75. The van der Waals surface area contributed by atoms with Crippen molar-refractivity contribution in [3.63, 3.8) is 0 Å². The Hall–Kier alpha value is -2.83. The number of phenolic OH excluding ortho intramolecular Hbond substituents is 1. The average Bonchev–Trinajstić information content (AvgIpc) is 2.47. The summed E-state index contributed by atoms with van der Waals surface area (Å²) in [6.45, 7) is -2.99. The second kappa shape index (κ2) is 6.75. The van der Waals surface area contributed by atoms with Gasteiger partial charge in [0.1, 0.15) is 5.75 Å². The molecule has 2 N–H and O–H groups in total. The monoisotopic (exact) mass is 309 g/mol. The molecule has 0 aromatic heterocycles. The molecule has 7 heteroatoms. The highest BCUT2D eigenvalue weighted by Gasteiger charge is 2.14. The number of hydrogen-bond donors (Lipinski definition) is 2. The van der Waals surface area contributed by atoms with Gasteiger partial charge in [0.2, 0.25) is 0 Å². The molecule has 22 heavy (non-hydrogen) atoms. The molecule has 0 atom stereocenters. The van der Waals surface area contributed by atoms with Crippen molar-refractivity contribution >= 4 is 11.6 Å². The SMILES string of the molecule is COc1cc(C(=O)Nc2cccc(O)c2)ccc1OC(F)F. The molecule has 0 spiro atoms. The summed E-state index contributed by atoms with van der Waals surface area (Å²) in [6, 6.07) is 9.86. The van der Waals surface area contributed by atoms with E-state index in [9.17, 15) is 18.7 Å². The van der Waals surface area contributed by atoms with E-state index in [0.717, 1.165) is 0 Å². The van der Waals surface area contributed by atoms with Gasteiger partial charge in [-0.25, -0.2) is 0 Å². The lowest BCUT2D eigenvalue weighted by Gasteiger charge is -2.11. The Bertz CT molecular complexity index is 676. The maximum Gasteiger partial charge on any atom is 0.387 e. The number of carbonyl (C=O) groups excluding carboxylic acids is 1. The molecule has 1 amide bonds. The fraction of sp³-hybridized carbons (Fsp3) is 0.133. The number of alkyl halides is 2. The number of anilines is 1. The summed E-state index contributed by atoms with van der Waals surface area (Å²) in [6.07, 6.45) is 0. The molecule has 0 aliphatic rings. The Kier molecular flexibility index (Phi) is 4.77. The van der Waals surface area contributed by atoms with E-state index in [0.29, 0.717) is 5.69 Å². The van der Waals surface area contributed by atoms with Gasteiger partial charge >= 0.3 is 6.61 Å². The fourth-order valence-electron chi connectivity index (χ4n) is 1.79. The predicted octanol–water partition coefficient (Wildman–Crippen LogP) is 3.25. The first-order chi connectivity index (χ1) is 10.5. The Morgan fingerprint density at radius 1 is 1.18 bits per heavy atom. The molecule has 0 fully saturated rings. The quantitative estimate of drug-likeness (QED) is 0.889. The van der Waals surface area contributed by atoms with Crippen LogP contribution in [0.4, 0.5) is 14.5 Å². The Morgan fingerprint density at radius 3 is 2.59 bits per heavy atom. The van der Waals surface area contributed by atoms with Gasteiger partial charge in [0.05, 0.1) is 7.11 Å². The van der Waals surface area contributed by atoms with E-state index in [1.165, 1.54) is 37.4 Å². The summed E-state index contributed by atoms with van der Waals surface area (Å²) >= 11 is 0. The molecule has 0 aliphatic carbocycles. The van der Waals surface area contributed by atoms with Crippen LogP contribution in [0.3, 0.4) is 0 Å². The minimum Gasteiger partial charge on any atom is -0.508 e. The van der Waals surface area contributed by atoms with Gasteiger partial charge in [-0.1, -0.05) is 6.07 Å². The van der Waals surface area contributed by atoms with Crippen LogP contribution in [-0.4, -0.2) is 24.7 Å². The first-order valence-electron chi connectivity index (χ1n) is 6.23. The van der Waals surface area contributed by atoms with Gasteiger partial charge in [0, 0.05) is 17.3 Å². The number of ether oxygens (including phenoxy) is 2. The fourth-order valence-corrected chi connectivity index (χ4v) is 1.79. The van der Waals surface area contributed by atoms with Crippen LogP contribution < -0.4 is 14.8 Å². The number of methoxy groups -OCH3 is 1. The largest absolute Gasteiger partial charge is 0.508 e. The van der Waals surface area contributed by atoms with Crippen LogP contribution in [0.2, 0.25) is 0 Å². The third-order valence-corrected chi connectivity index (χ3v) is 2.75. The van der Waals surface area contributed by atoms with Gasteiger partial charge in [-0.05, 0) is 30.3 Å². The van der Waals surface area contributed by atoms with Crippen LogP contribution in [0.1, 0.15) is 10.4 Å². The first-order valence-corrected chi connectivity index (χ1v) is 6.23. The molecule has 2 rings (SSSR count). The van der Waals surface area contributed by atoms with E-state index >= 15 is 0 Å². The minimum atomic E-state index is -2.99. The Balaban J connectivity index is 2.19. The molecule has 5 nitrogen and oxygen atoms in total. The summed E-state index contributed by atoms with van der Waals surface area (Å²) in [5.41, 5.74) is 0.596. The highest BCUT2D eigenvalue weighted by Crippen LogP contribution is 2.29. The topological polar surface area (TPSA) is 67.8 Å². The standard InChI is InChI=1S/C15H13F2NO4/c1-21-13-7-9(5-6-12(13)22-15(16)17)14(20)18-10-3-2-4-11(19)8-10/h2-8,15,19H,1H3,(H,18,20). The molecule has 0 unspecified atom stereocenters. The molecule has 0 bridgehead atoms.